The van der Waals surface area contributed by atoms with Crippen LogP contribution in [-0.4, -0.2) is 34.1 Å². The minimum Gasteiger partial charge on any atom is -0.417 e. The highest BCUT2D eigenvalue weighted by atomic mass is 32.1. The molecule has 1 saturated heterocycles. The maximum atomic E-state index is 12.5. The molecule has 1 aliphatic heterocycles. The first-order valence-corrected chi connectivity index (χ1v) is 7.97. The van der Waals surface area contributed by atoms with Crippen LogP contribution in [0.4, 0.5) is 13.2 Å². The SMILES string of the molecule is Cc1csc(C(=O)N2CCCC(c3nnc(C(F)(F)F)o3)C2)c1. The van der Waals surface area contributed by atoms with Crippen molar-refractivity contribution >= 4 is 17.2 Å². The Balaban J connectivity index is 1.73. The van der Waals surface area contributed by atoms with Gasteiger partial charge >= 0.3 is 12.1 Å². The van der Waals surface area contributed by atoms with Gasteiger partial charge < -0.3 is 9.32 Å². The number of aryl methyl sites for hydroxylation is 1. The van der Waals surface area contributed by atoms with Crippen LogP contribution in [0.1, 0.15) is 45.8 Å². The lowest BCUT2D eigenvalue weighted by Gasteiger charge is -2.30. The fourth-order valence-electron chi connectivity index (χ4n) is 2.58. The Morgan fingerprint density at radius 3 is 2.83 bits per heavy atom. The molecule has 1 atom stereocenters. The number of piperidine rings is 1. The lowest BCUT2D eigenvalue weighted by Crippen LogP contribution is -2.38. The number of carbonyl (C=O) groups excluding carboxylic acids is 1. The summed E-state index contributed by atoms with van der Waals surface area (Å²) in [6.45, 7) is 2.77. The van der Waals surface area contributed by atoms with Crippen LogP contribution in [0.5, 0.6) is 0 Å². The van der Waals surface area contributed by atoms with Crippen LogP contribution in [0.25, 0.3) is 0 Å². The molecule has 1 amide bonds. The Kier molecular flexibility index (Phi) is 4.13. The molecule has 2 aromatic heterocycles. The van der Waals surface area contributed by atoms with Gasteiger partial charge in [-0.25, -0.2) is 0 Å². The zero-order valence-corrected chi connectivity index (χ0v) is 13.1. The summed E-state index contributed by atoms with van der Waals surface area (Å²) in [4.78, 5) is 14.7. The molecule has 124 valence electrons. The molecule has 0 bridgehead atoms. The topological polar surface area (TPSA) is 59.2 Å². The van der Waals surface area contributed by atoms with E-state index in [9.17, 15) is 18.0 Å². The van der Waals surface area contributed by atoms with Crippen molar-refractivity contribution in [2.45, 2.75) is 31.9 Å². The third-order valence-corrected chi connectivity index (χ3v) is 4.72. The predicted octanol–water partition coefficient (Wildman–Crippen LogP) is 3.48. The Hall–Kier alpha value is -1.90. The minimum atomic E-state index is -4.65. The fourth-order valence-corrected chi connectivity index (χ4v) is 3.44. The molecule has 1 unspecified atom stereocenters. The molecule has 1 fully saturated rings. The average molecular weight is 345 g/mol. The second-order valence-electron chi connectivity index (χ2n) is 5.52. The van der Waals surface area contributed by atoms with Gasteiger partial charge in [-0.2, -0.15) is 13.2 Å². The molecular weight excluding hydrogens is 331 g/mol. The summed E-state index contributed by atoms with van der Waals surface area (Å²) in [6, 6.07) is 1.81. The van der Waals surface area contributed by atoms with Gasteiger partial charge in [-0.15, -0.1) is 21.5 Å². The number of carbonyl (C=O) groups is 1. The van der Waals surface area contributed by atoms with E-state index in [1.807, 2.05) is 18.4 Å². The van der Waals surface area contributed by atoms with Crippen LogP contribution >= 0.6 is 11.3 Å². The van der Waals surface area contributed by atoms with Crippen LogP contribution < -0.4 is 0 Å². The van der Waals surface area contributed by atoms with E-state index in [0.29, 0.717) is 24.3 Å². The number of likely N-dealkylation sites (tertiary alicyclic amines) is 1. The molecule has 3 heterocycles. The highest BCUT2D eigenvalue weighted by Crippen LogP contribution is 2.32. The quantitative estimate of drug-likeness (QED) is 0.836. The van der Waals surface area contributed by atoms with E-state index in [1.54, 1.807) is 4.90 Å². The molecule has 3 rings (SSSR count). The molecule has 0 N–H and O–H groups in total. The maximum absolute atomic E-state index is 12.5. The molecule has 9 heteroatoms. The molecular formula is C14H14F3N3O2S. The molecule has 0 spiro atoms. The first kappa shape index (κ1) is 16.0. The van der Waals surface area contributed by atoms with Gasteiger partial charge in [0.2, 0.25) is 5.89 Å². The van der Waals surface area contributed by atoms with Crippen molar-refractivity contribution in [1.29, 1.82) is 0 Å². The molecule has 23 heavy (non-hydrogen) atoms. The molecule has 0 saturated carbocycles. The number of halogens is 3. The summed E-state index contributed by atoms with van der Waals surface area (Å²) in [5, 5.41) is 8.45. The minimum absolute atomic E-state index is 0.0582. The maximum Gasteiger partial charge on any atom is 0.470 e. The number of nitrogens with zero attached hydrogens (tertiary/aromatic N) is 3. The van der Waals surface area contributed by atoms with E-state index in [2.05, 4.69) is 10.2 Å². The Morgan fingerprint density at radius 2 is 2.22 bits per heavy atom. The molecule has 1 aliphatic rings. The summed E-state index contributed by atoms with van der Waals surface area (Å²) in [6.07, 6.45) is -3.35. The number of rotatable bonds is 2. The van der Waals surface area contributed by atoms with Gasteiger partial charge in [0.05, 0.1) is 10.8 Å². The summed E-state index contributed by atoms with van der Waals surface area (Å²) < 4.78 is 42.4. The van der Waals surface area contributed by atoms with E-state index in [0.717, 1.165) is 5.56 Å². The van der Waals surface area contributed by atoms with Crippen molar-refractivity contribution in [1.82, 2.24) is 15.1 Å². The van der Waals surface area contributed by atoms with Gasteiger partial charge in [0.15, 0.2) is 0 Å². The third-order valence-electron chi connectivity index (χ3n) is 3.68. The average Bonchev–Trinajstić information content (AvgIpc) is 3.15. The molecule has 0 aromatic carbocycles. The molecule has 0 aliphatic carbocycles. The number of alkyl halides is 3. The van der Waals surface area contributed by atoms with Gasteiger partial charge in [0.25, 0.3) is 5.91 Å². The van der Waals surface area contributed by atoms with E-state index >= 15 is 0 Å². The van der Waals surface area contributed by atoms with Crippen LogP contribution in [0.15, 0.2) is 15.9 Å². The largest absolute Gasteiger partial charge is 0.470 e. The molecule has 5 nitrogen and oxygen atoms in total. The zero-order valence-electron chi connectivity index (χ0n) is 12.3. The Morgan fingerprint density at radius 1 is 1.43 bits per heavy atom. The molecule has 2 aromatic rings. The van der Waals surface area contributed by atoms with E-state index in [-0.39, 0.29) is 24.3 Å². The van der Waals surface area contributed by atoms with Crippen molar-refractivity contribution in [2.24, 2.45) is 0 Å². The van der Waals surface area contributed by atoms with Crippen LogP contribution in [0.3, 0.4) is 0 Å². The monoisotopic (exact) mass is 345 g/mol. The summed E-state index contributed by atoms with van der Waals surface area (Å²) in [7, 11) is 0. The number of aromatic nitrogens is 2. The number of thiophene rings is 1. The summed E-state index contributed by atoms with van der Waals surface area (Å²) in [5.41, 5.74) is 1.01. The fraction of sp³-hybridized carbons (Fsp3) is 0.500. The third kappa shape index (κ3) is 3.39. The smallest absolute Gasteiger partial charge is 0.417 e. The van der Waals surface area contributed by atoms with Crippen molar-refractivity contribution < 1.29 is 22.4 Å². The van der Waals surface area contributed by atoms with Crippen LogP contribution in [-0.2, 0) is 6.18 Å². The van der Waals surface area contributed by atoms with Gasteiger partial charge in [-0.3, -0.25) is 4.79 Å². The van der Waals surface area contributed by atoms with Gasteiger partial charge in [-0.1, -0.05) is 0 Å². The summed E-state index contributed by atoms with van der Waals surface area (Å²) >= 11 is 1.36. The molecule has 0 radical (unpaired) electrons. The van der Waals surface area contributed by atoms with Crippen molar-refractivity contribution in [3.05, 3.63) is 33.7 Å². The van der Waals surface area contributed by atoms with Gasteiger partial charge in [-0.05, 0) is 36.8 Å². The van der Waals surface area contributed by atoms with E-state index < -0.39 is 12.1 Å². The van der Waals surface area contributed by atoms with Crippen LogP contribution in [0.2, 0.25) is 0 Å². The predicted molar refractivity (Wildman–Crippen MR) is 76.2 cm³/mol. The lowest BCUT2D eigenvalue weighted by atomic mass is 9.98. The van der Waals surface area contributed by atoms with Crippen molar-refractivity contribution in [3.8, 4) is 0 Å². The highest BCUT2D eigenvalue weighted by Gasteiger charge is 2.39. The van der Waals surface area contributed by atoms with E-state index in [4.69, 9.17) is 4.42 Å². The Bertz CT molecular complexity index is 710. The normalized spacial score (nSPS) is 19.1. The first-order chi connectivity index (χ1) is 10.8. The second-order valence-corrected chi connectivity index (χ2v) is 6.43. The highest BCUT2D eigenvalue weighted by molar-refractivity contribution is 7.12. The number of amides is 1. The van der Waals surface area contributed by atoms with Gasteiger partial charge in [0, 0.05) is 13.1 Å². The van der Waals surface area contributed by atoms with Crippen LogP contribution in [0, 0.1) is 6.92 Å². The lowest BCUT2D eigenvalue weighted by molar-refractivity contribution is -0.157. The number of hydrogen-bond acceptors (Lipinski definition) is 5. The summed E-state index contributed by atoms with van der Waals surface area (Å²) in [5.74, 6) is -1.87. The standard InChI is InChI=1S/C14H14F3N3O2S/c1-8-5-10(23-7-8)12(21)20-4-2-3-9(6-20)11-18-19-13(22-11)14(15,16)17/h5,7,9H,2-4,6H2,1H3. The van der Waals surface area contributed by atoms with Gasteiger partial charge in [0.1, 0.15) is 0 Å². The van der Waals surface area contributed by atoms with Crippen molar-refractivity contribution in [2.75, 3.05) is 13.1 Å². The Labute approximate surface area is 134 Å². The first-order valence-electron chi connectivity index (χ1n) is 7.09. The zero-order chi connectivity index (χ0) is 16.6. The second kappa shape index (κ2) is 5.95. The van der Waals surface area contributed by atoms with E-state index in [1.165, 1.54) is 11.3 Å². The number of hydrogen-bond donors (Lipinski definition) is 0. The van der Waals surface area contributed by atoms with Crippen molar-refractivity contribution in [3.63, 3.8) is 0 Å².